The Morgan fingerprint density at radius 3 is 2.79 bits per heavy atom. The summed E-state index contributed by atoms with van der Waals surface area (Å²) in [7, 11) is 1.86. The molecule has 6 heteroatoms. The van der Waals surface area contributed by atoms with Gasteiger partial charge < -0.3 is 21.5 Å². The van der Waals surface area contributed by atoms with E-state index in [-0.39, 0.29) is 23.4 Å². The molecule has 1 aromatic rings. The van der Waals surface area contributed by atoms with Crippen LogP contribution in [0.3, 0.4) is 0 Å². The molecule has 1 aromatic heterocycles. The van der Waals surface area contributed by atoms with Crippen LogP contribution in [0.25, 0.3) is 0 Å². The average molecular weight is 264 g/mol. The number of primary amides is 1. The number of rotatable bonds is 3. The van der Waals surface area contributed by atoms with Gasteiger partial charge in [0.15, 0.2) is 0 Å². The number of aromatic nitrogens is 1. The number of amides is 1. The number of aliphatic hydroxyl groups excluding tert-OH is 1. The summed E-state index contributed by atoms with van der Waals surface area (Å²) in [5.41, 5.74) is 11.5. The van der Waals surface area contributed by atoms with Crippen molar-refractivity contribution in [2.75, 3.05) is 17.7 Å². The zero-order valence-electron chi connectivity index (χ0n) is 11.0. The molecular weight excluding hydrogens is 244 g/mol. The molecule has 1 amide bonds. The highest BCUT2D eigenvalue weighted by Gasteiger charge is 2.27. The second kappa shape index (κ2) is 5.44. The molecule has 5 N–H and O–H groups in total. The minimum atomic E-state index is -0.571. The van der Waals surface area contributed by atoms with Gasteiger partial charge in [0.1, 0.15) is 5.82 Å². The van der Waals surface area contributed by atoms with E-state index in [2.05, 4.69) is 4.98 Å². The summed E-state index contributed by atoms with van der Waals surface area (Å²) in [6, 6.07) is 1.60. The number of aliphatic hydroxyl groups is 1. The normalized spacial score (nSPS) is 23.1. The van der Waals surface area contributed by atoms with Crippen molar-refractivity contribution in [2.24, 2.45) is 5.73 Å². The van der Waals surface area contributed by atoms with Crippen LogP contribution in [-0.2, 0) is 0 Å². The molecule has 0 aromatic carbocycles. The van der Waals surface area contributed by atoms with Crippen LogP contribution in [0.15, 0.2) is 12.3 Å². The molecule has 0 saturated heterocycles. The number of anilines is 2. The van der Waals surface area contributed by atoms with Crippen molar-refractivity contribution in [3.8, 4) is 0 Å². The van der Waals surface area contributed by atoms with E-state index in [1.807, 2.05) is 11.9 Å². The average Bonchev–Trinajstić information content (AvgIpc) is 2.38. The van der Waals surface area contributed by atoms with Crippen molar-refractivity contribution < 1.29 is 9.90 Å². The number of hydrogen-bond donors (Lipinski definition) is 3. The molecule has 104 valence electrons. The molecule has 0 radical (unpaired) electrons. The van der Waals surface area contributed by atoms with Gasteiger partial charge in [0.25, 0.3) is 5.91 Å². The molecule has 0 aliphatic heterocycles. The lowest BCUT2D eigenvalue weighted by Gasteiger charge is -2.36. The highest BCUT2D eigenvalue weighted by Crippen LogP contribution is 2.26. The molecule has 1 fully saturated rings. The Morgan fingerprint density at radius 1 is 1.47 bits per heavy atom. The van der Waals surface area contributed by atoms with Gasteiger partial charge in [-0.25, -0.2) is 4.98 Å². The Labute approximate surface area is 112 Å². The first-order chi connectivity index (χ1) is 9.00. The third-order valence-electron chi connectivity index (χ3n) is 3.74. The van der Waals surface area contributed by atoms with Crippen molar-refractivity contribution >= 4 is 17.4 Å². The van der Waals surface area contributed by atoms with Gasteiger partial charge in [-0.1, -0.05) is 12.8 Å². The van der Waals surface area contributed by atoms with Crippen LogP contribution in [0.2, 0.25) is 0 Å². The molecule has 2 atom stereocenters. The third-order valence-corrected chi connectivity index (χ3v) is 3.74. The Bertz CT molecular complexity index is 478. The fraction of sp³-hybridized carbons (Fsp3) is 0.538. The van der Waals surface area contributed by atoms with Crippen LogP contribution in [0.5, 0.6) is 0 Å². The number of nitrogens with two attached hydrogens (primary N) is 2. The standard InChI is InChI=1S/C13H20N4O2/c1-17(10-4-2-3-5-11(10)18)12-6-8(13(15)19)9(14)7-16-12/h6-7,10-11,18H,2-5,14H2,1H3,(H2,15,19). The van der Waals surface area contributed by atoms with Crippen molar-refractivity contribution in [1.29, 1.82) is 0 Å². The molecule has 1 aliphatic rings. The lowest BCUT2D eigenvalue weighted by atomic mass is 9.91. The summed E-state index contributed by atoms with van der Waals surface area (Å²) in [4.78, 5) is 17.4. The van der Waals surface area contributed by atoms with Gasteiger partial charge in [0.05, 0.1) is 29.6 Å². The number of hydrogen-bond acceptors (Lipinski definition) is 5. The zero-order chi connectivity index (χ0) is 14.0. The monoisotopic (exact) mass is 264 g/mol. The van der Waals surface area contributed by atoms with E-state index in [1.54, 1.807) is 6.07 Å². The first kappa shape index (κ1) is 13.6. The number of pyridine rings is 1. The van der Waals surface area contributed by atoms with Crippen molar-refractivity contribution in [3.05, 3.63) is 17.8 Å². The Morgan fingerprint density at radius 2 is 2.16 bits per heavy atom. The van der Waals surface area contributed by atoms with E-state index in [4.69, 9.17) is 11.5 Å². The van der Waals surface area contributed by atoms with Crippen LogP contribution in [-0.4, -0.2) is 35.2 Å². The predicted octanol–water partition coefficient (Wildman–Crippen LogP) is 0.502. The maximum atomic E-state index is 11.3. The Balaban J connectivity index is 2.25. The highest BCUT2D eigenvalue weighted by atomic mass is 16.3. The van der Waals surface area contributed by atoms with E-state index in [0.29, 0.717) is 5.82 Å². The maximum Gasteiger partial charge on any atom is 0.250 e. The fourth-order valence-electron chi connectivity index (χ4n) is 2.57. The summed E-state index contributed by atoms with van der Waals surface area (Å²) in [6.45, 7) is 0. The van der Waals surface area contributed by atoms with E-state index in [9.17, 15) is 9.90 Å². The van der Waals surface area contributed by atoms with Crippen molar-refractivity contribution in [1.82, 2.24) is 4.98 Å². The summed E-state index contributed by atoms with van der Waals surface area (Å²) in [5, 5.41) is 10.0. The number of nitrogens with zero attached hydrogens (tertiary/aromatic N) is 2. The minimum absolute atomic E-state index is 0.0191. The fourth-order valence-corrected chi connectivity index (χ4v) is 2.57. The molecular formula is C13H20N4O2. The lowest BCUT2D eigenvalue weighted by molar-refractivity contribution is 0.100. The summed E-state index contributed by atoms with van der Waals surface area (Å²) in [6.07, 6.45) is 4.91. The Hall–Kier alpha value is -1.82. The predicted molar refractivity (Wildman–Crippen MR) is 73.8 cm³/mol. The van der Waals surface area contributed by atoms with Crippen molar-refractivity contribution in [2.45, 2.75) is 37.8 Å². The van der Waals surface area contributed by atoms with Crippen LogP contribution in [0, 0.1) is 0 Å². The second-order valence-electron chi connectivity index (χ2n) is 5.02. The van der Waals surface area contributed by atoms with Crippen LogP contribution in [0.4, 0.5) is 11.5 Å². The van der Waals surface area contributed by atoms with E-state index < -0.39 is 5.91 Å². The topological polar surface area (TPSA) is 105 Å². The van der Waals surface area contributed by atoms with Gasteiger partial charge in [-0.15, -0.1) is 0 Å². The van der Waals surface area contributed by atoms with Gasteiger partial charge in [-0.2, -0.15) is 0 Å². The smallest absolute Gasteiger partial charge is 0.250 e. The molecule has 2 unspecified atom stereocenters. The quantitative estimate of drug-likeness (QED) is 0.737. The minimum Gasteiger partial charge on any atom is -0.397 e. The molecule has 1 saturated carbocycles. The lowest BCUT2D eigenvalue weighted by Crippen LogP contribution is -2.43. The molecule has 19 heavy (non-hydrogen) atoms. The summed E-state index contributed by atoms with van der Waals surface area (Å²) < 4.78 is 0. The van der Waals surface area contributed by atoms with Crippen LogP contribution >= 0.6 is 0 Å². The SMILES string of the molecule is CN(c1cc(C(N)=O)c(N)cn1)C1CCCCC1O. The Kier molecular flexibility index (Phi) is 3.90. The molecule has 1 heterocycles. The highest BCUT2D eigenvalue weighted by molar-refractivity contribution is 5.98. The maximum absolute atomic E-state index is 11.3. The van der Waals surface area contributed by atoms with Crippen molar-refractivity contribution in [3.63, 3.8) is 0 Å². The molecule has 0 bridgehead atoms. The number of carbonyl (C=O) groups is 1. The molecule has 1 aliphatic carbocycles. The van der Waals surface area contributed by atoms with Crippen LogP contribution in [0.1, 0.15) is 36.0 Å². The first-order valence-electron chi connectivity index (χ1n) is 6.47. The van der Waals surface area contributed by atoms with Gasteiger partial charge >= 0.3 is 0 Å². The van der Waals surface area contributed by atoms with Gasteiger partial charge in [-0.05, 0) is 18.9 Å². The van der Waals surface area contributed by atoms with E-state index in [0.717, 1.165) is 25.7 Å². The molecule has 2 rings (SSSR count). The first-order valence-corrected chi connectivity index (χ1v) is 6.47. The summed E-state index contributed by atoms with van der Waals surface area (Å²) >= 11 is 0. The largest absolute Gasteiger partial charge is 0.397 e. The van der Waals surface area contributed by atoms with Gasteiger partial charge in [0, 0.05) is 7.05 Å². The number of carbonyl (C=O) groups excluding carboxylic acids is 1. The number of likely N-dealkylation sites (N-methyl/N-ethyl adjacent to an activating group) is 1. The van der Waals surface area contributed by atoms with E-state index in [1.165, 1.54) is 6.20 Å². The third kappa shape index (κ3) is 2.78. The van der Waals surface area contributed by atoms with E-state index >= 15 is 0 Å². The van der Waals surface area contributed by atoms with Gasteiger partial charge in [0.2, 0.25) is 0 Å². The van der Waals surface area contributed by atoms with Gasteiger partial charge in [-0.3, -0.25) is 4.79 Å². The van der Waals surface area contributed by atoms with Crippen LogP contribution < -0.4 is 16.4 Å². The summed E-state index contributed by atoms with van der Waals surface area (Å²) in [5.74, 6) is 0.0349. The zero-order valence-corrected chi connectivity index (χ0v) is 11.0. The second-order valence-corrected chi connectivity index (χ2v) is 5.02. The molecule has 0 spiro atoms. The number of nitrogen functional groups attached to an aromatic ring is 1. The molecule has 6 nitrogen and oxygen atoms in total.